The lowest BCUT2D eigenvalue weighted by molar-refractivity contribution is 0.381. The fourth-order valence-electron chi connectivity index (χ4n) is 3.65. The molecule has 2 aliphatic carbocycles. The Morgan fingerprint density at radius 1 is 1.38 bits per heavy atom. The molecule has 4 nitrogen and oxygen atoms in total. The van der Waals surface area contributed by atoms with Gasteiger partial charge in [0.1, 0.15) is 0 Å². The summed E-state index contributed by atoms with van der Waals surface area (Å²) < 4.78 is 1.97. The highest BCUT2D eigenvalue weighted by molar-refractivity contribution is 5.42. The van der Waals surface area contributed by atoms with Crippen molar-refractivity contribution >= 4 is 5.65 Å². The molecule has 1 N–H and O–H groups in total. The van der Waals surface area contributed by atoms with Crippen molar-refractivity contribution in [2.45, 2.75) is 52.5 Å². The number of hydrogen-bond donors (Lipinski definition) is 1. The second-order valence-electron chi connectivity index (χ2n) is 7.09. The van der Waals surface area contributed by atoms with Gasteiger partial charge < -0.3 is 5.32 Å². The first kappa shape index (κ1) is 13.3. The topological polar surface area (TPSA) is 42.2 Å². The highest BCUT2D eigenvalue weighted by atomic mass is 15.3. The minimum absolute atomic E-state index is 0.336. The SMILES string of the molecule is Cc1cc2ncc(C(C)NCC3(C4CC4)CC3)c(C)n2n1. The van der Waals surface area contributed by atoms with E-state index in [1.807, 2.05) is 23.7 Å². The zero-order valence-electron chi connectivity index (χ0n) is 13.2. The monoisotopic (exact) mass is 284 g/mol. The van der Waals surface area contributed by atoms with Crippen molar-refractivity contribution < 1.29 is 0 Å². The van der Waals surface area contributed by atoms with Crippen molar-refractivity contribution in [3.63, 3.8) is 0 Å². The molecule has 2 aromatic rings. The second-order valence-corrected chi connectivity index (χ2v) is 7.09. The van der Waals surface area contributed by atoms with Crippen LogP contribution >= 0.6 is 0 Å². The zero-order valence-corrected chi connectivity index (χ0v) is 13.2. The smallest absolute Gasteiger partial charge is 0.155 e. The maximum absolute atomic E-state index is 4.55. The van der Waals surface area contributed by atoms with Crippen molar-refractivity contribution in [2.24, 2.45) is 11.3 Å². The molecule has 112 valence electrons. The van der Waals surface area contributed by atoms with Crippen LogP contribution in [0.2, 0.25) is 0 Å². The fraction of sp³-hybridized carbons (Fsp3) is 0.647. The average Bonchev–Trinajstić information content (AvgIpc) is 3.33. The summed E-state index contributed by atoms with van der Waals surface area (Å²) in [6.45, 7) is 7.56. The number of fused-ring (bicyclic) bond motifs is 1. The highest BCUT2D eigenvalue weighted by Gasteiger charge is 2.53. The van der Waals surface area contributed by atoms with Crippen molar-refractivity contribution in [1.29, 1.82) is 0 Å². The number of rotatable bonds is 5. The summed E-state index contributed by atoms with van der Waals surface area (Å²) in [6, 6.07) is 2.36. The van der Waals surface area contributed by atoms with Crippen LogP contribution in [0.3, 0.4) is 0 Å². The minimum Gasteiger partial charge on any atom is -0.310 e. The van der Waals surface area contributed by atoms with E-state index < -0.39 is 0 Å². The summed E-state index contributed by atoms with van der Waals surface area (Å²) in [6.07, 6.45) is 7.77. The van der Waals surface area contributed by atoms with E-state index in [0.717, 1.165) is 23.8 Å². The third-order valence-corrected chi connectivity index (χ3v) is 5.45. The molecule has 2 heterocycles. The van der Waals surface area contributed by atoms with Gasteiger partial charge in [-0.1, -0.05) is 0 Å². The number of nitrogens with zero attached hydrogens (tertiary/aromatic N) is 3. The predicted molar refractivity (Wildman–Crippen MR) is 83.3 cm³/mol. The molecule has 4 heteroatoms. The molecule has 21 heavy (non-hydrogen) atoms. The highest BCUT2D eigenvalue weighted by Crippen LogP contribution is 2.60. The number of aryl methyl sites for hydroxylation is 2. The maximum atomic E-state index is 4.55. The van der Waals surface area contributed by atoms with E-state index in [-0.39, 0.29) is 0 Å². The van der Waals surface area contributed by atoms with Gasteiger partial charge in [0.2, 0.25) is 0 Å². The first-order valence-electron chi connectivity index (χ1n) is 8.14. The largest absolute Gasteiger partial charge is 0.310 e. The molecule has 0 saturated heterocycles. The summed E-state index contributed by atoms with van der Waals surface area (Å²) in [5.74, 6) is 1.01. The molecule has 0 aliphatic heterocycles. The van der Waals surface area contributed by atoms with E-state index in [0.29, 0.717) is 11.5 Å². The van der Waals surface area contributed by atoms with Gasteiger partial charge in [0.05, 0.1) is 5.69 Å². The Bertz CT molecular complexity index is 679. The second kappa shape index (κ2) is 4.54. The van der Waals surface area contributed by atoms with Crippen molar-refractivity contribution in [2.75, 3.05) is 6.54 Å². The van der Waals surface area contributed by atoms with Gasteiger partial charge in [0, 0.05) is 36.1 Å². The summed E-state index contributed by atoms with van der Waals surface area (Å²) in [5.41, 5.74) is 5.07. The Balaban J connectivity index is 1.53. The molecule has 2 aromatic heterocycles. The van der Waals surface area contributed by atoms with Crippen LogP contribution in [0.4, 0.5) is 0 Å². The third kappa shape index (κ3) is 2.26. The fourth-order valence-corrected chi connectivity index (χ4v) is 3.65. The molecule has 2 saturated carbocycles. The molecule has 2 aliphatic rings. The Morgan fingerprint density at radius 3 is 2.81 bits per heavy atom. The molecule has 0 radical (unpaired) electrons. The average molecular weight is 284 g/mol. The molecule has 2 fully saturated rings. The van der Waals surface area contributed by atoms with Crippen molar-refractivity contribution in [3.8, 4) is 0 Å². The van der Waals surface area contributed by atoms with E-state index in [2.05, 4.69) is 29.2 Å². The van der Waals surface area contributed by atoms with Gasteiger partial charge in [0.25, 0.3) is 0 Å². The molecule has 0 spiro atoms. The van der Waals surface area contributed by atoms with Crippen molar-refractivity contribution in [1.82, 2.24) is 19.9 Å². The van der Waals surface area contributed by atoms with E-state index in [9.17, 15) is 0 Å². The van der Waals surface area contributed by atoms with Crippen LogP contribution in [0.5, 0.6) is 0 Å². The standard InChI is InChI=1S/C17H24N4/c1-11-8-16-18-9-15(13(3)21(16)20-11)12(2)19-10-17(6-7-17)14-4-5-14/h8-9,12,14,19H,4-7,10H2,1-3H3. The van der Waals surface area contributed by atoms with Crippen LogP contribution in [0.25, 0.3) is 5.65 Å². The van der Waals surface area contributed by atoms with Crippen LogP contribution < -0.4 is 5.32 Å². The van der Waals surface area contributed by atoms with E-state index in [4.69, 9.17) is 0 Å². The third-order valence-electron chi connectivity index (χ3n) is 5.45. The summed E-state index contributed by atoms with van der Waals surface area (Å²) in [7, 11) is 0. The zero-order chi connectivity index (χ0) is 14.6. The van der Waals surface area contributed by atoms with Gasteiger partial charge in [-0.2, -0.15) is 5.10 Å². The van der Waals surface area contributed by atoms with Crippen LogP contribution in [0.15, 0.2) is 12.3 Å². The quantitative estimate of drug-likeness (QED) is 0.917. The molecule has 1 atom stereocenters. The molecule has 4 rings (SSSR count). The van der Waals surface area contributed by atoms with Crippen LogP contribution in [0, 0.1) is 25.2 Å². The number of aromatic nitrogens is 3. The van der Waals surface area contributed by atoms with Crippen molar-refractivity contribution in [3.05, 3.63) is 29.2 Å². The first-order valence-corrected chi connectivity index (χ1v) is 8.14. The van der Waals surface area contributed by atoms with Gasteiger partial charge in [-0.3, -0.25) is 0 Å². The Morgan fingerprint density at radius 2 is 2.14 bits per heavy atom. The molecular formula is C17H24N4. The maximum Gasteiger partial charge on any atom is 0.155 e. The minimum atomic E-state index is 0.336. The molecule has 0 aromatic carbocycles. The van der Waals surface area contributed by atoms with Gasteiger partial charge in [0.15, 0.2) is 5.65 Å². The summed E-state index contributed by atoms with van der Waals surface area (Å²) >= 11 is 0. The predicted octanol–water partition coefficient (Wildman–Crippen LogP) is 3.19. The summed E-state index contributed by atoms with van der Waals surface area (Å²) in [4.78, 5) is 4.55. The van der Waals surface area contributed by atoms with E-state index in [1.165, 1.54) is 36.9 Å². The molecule has 0 amide bonds. The summed E-state index contributed by atoms with van der Waals surface area (Å²) in [5, 5.41) is 8.30. The first-order chi connectivity index (χ1) is 10.1. The van der Waals surface area contributed by atoms with Crippen LogP contribution in [0.1, 0.15) is 55.6 Å². The Kier molecular flexibility index (Phi) is 2.86. The lowest BCUT2D eigenvalue weighted by Gasteiger charge is -2.21. The Labute approximate surface area is 126 Å². The normalized spacial score (nSPS) is 21.7. The van der Waals surface area contributed by atoms with Gasteiger partial charge >= 0.3 is 0 Å². The van der Waals surface area contributed by atoms with Crippen LogP contribution in [-0.4, -0.2) is 21.1 Å². The molecular weight excluding hydrogens is 260 g/mol. The molecule has 0 bridgehead atoms. The van der Waals surface area contributed by atoms with Gasteiger partial charge in [-0.15, -0.1) is 0 Å². The van der Waals surface area contributed by atoms with E-state index in [1.54, 1.807) is 0 Å². The van der Waals surface area contributed by atoms with Gasteiger partial charge in [-0.25, -0.2) is 9.50 Å². The lowest BCUT2D eigenvalue weighted by Crippen LogP contribution is -2.28. The van der Waals surface area contributed by atoms with Gasteiger partial charge in [-0.05, 0) is 57.8 Å². The van der Waals surface area contributed by atoms with E-state index >= 15 is 0 Å². The molecule has 1 unspecified atom stereocenters. The number of hydrogen-bond acceptors (Lipinski definition) is 3. The number of nitrogens with one attached hydrogen (secondary N) is 1. The lowest BCUT2D eigenvalue weighted by atomic mass is 9.99. The Hall–Kier alpha value is -1.42. The van der Waals surface area contributed by atoms with Crippen LogP contribution in [-0.2, 0) is 0 Å².